The summed E-state index contributed by atoms with van der Waals surface area (Å²) in [6, 6.07) is 0. The normalized spacial score (nSPS) is 13.9. The van der Waals surface area contributed by atoms with Crippen LogP contribution in [0, 0.1) is 5.92 Å². The molecule has 0 heterocycles. The Labute approximate surface area is 63.0 Å². The van der Waals surface area contributed by atoms with Gasteiger partial charge in [0, 0.05) is 5.92 Å². The van der Waals surface area contributed by atoms with Gasteiger partial charge in [0.25, 0.3) is 0 Å². The van der Waals surface area contributed by atoms with Gasteiger partial charge in [0.05, 0.1) is 0 Å². The summed E-state index contributed by atoms with van der Waals surface area (Å²) in [6.07, 6.45) is -4.38. The summed E-state index contributed by atoms with van der Waals surface area (Å²) >= 11 is 0. The highest BCUT2D eigenvalue weighted by atomic mass is 19.4. The molecule has 66 valence electrons. The molecule has 2 nitrogen and oxygen atoms in total. The number of hydrogen-bond donors (Lipinski definition) is 0. The minimum absolute atomic E-state index is 0.671. The molecule has 0 aliphatic heterocycles. The van der Waals surface area contributed by atoms with Gasteiger partial charge in [-0.2, -0.15) is 13.2 Å². The maximum atomic E-state index is 11.9. The van der Waals surface area contributed by atoms with Crippen molar-refractivity contribution in [2.24, 2.45) is 11.1 Å². The lowest BCUT2D eigenvalue weighted by Crippen LogP contribution is -2.28. The van der Waals surface area contributed by atoms with Gasteiger partial charge in [0.15, 0.2) is 5.71 Å². The first-order valence-corrected chi connectivity index (χ1v) is 3.07. The van der Waals surface area contributed by atoms with E-state index in [1.807, 2.05) is 0 Å². The third kappa shape index (κ3) is 3.25. The first-order chi connectivity index (χ1) is 4.89. The molecule has 0 saturated carbocycles. The second kappa shape index (κ2) is 3.59. The van der Waals surface area contributed by atoms with Crippen molar-refractivity contribution >= 4 is 5.71 Å². The zero-order valence-corrected chi connectivity index (χ0v) is 6.57. The van der Waals surface area contributed by atoms with Crippen molar-refractivity contribution in [3.63, 3.8) is 0 Å². The Morgan fingerprint density at radius 2 is 1.82 bits per heavy atom. The molecule has 0 amide bonds. The van der Waals surface area contributed by atoms with Crippen molar-refractivity contribution in [2.75, 3.05) is 7.11 Å². The summed E-state index contributed by atoms with van der Waals surface area (Å²) in [7, 11) is 1.09. The molecule has 0 N–H and O–H groups in total. The number of alkyl halides is 3. The van der Waals surface area contributed by atoms with E-state index in [0.717, 1.165) is 7.11 Å². The highest BCUT2D eigenvalue weighted by Crippen LogP contribution is 2.22. The van der Waals surface area contributed by atoms with Crippen molar-refractivity contribution in [1.82, 2.24) is 0 Å². The van der Waals surface area contributed by atoms with Gasteiger partial charge in [0.1, 0.15) is 7.11 Å². The smallest absolute Gasteiger partial charge is 0.399 e. The van der Waals surface area contributed by atoms with Crippen molar-refractivity contribution in [3.8, 4) is 0 Å². The second-order valence-electron chi connectivity index (χ2n) is 2.31. The molecule has 11 heavy (non-hydrogen) atoms. The molecule has 0 saturated heterocycles. The van der Waals surface area contributed by atoms with Gasteiger partial charge in [-0.3, -0.25) is 0 Å². The second-order valence-corrected chi connectivity index (χ2v) is 2.31. The Hall–Kier alpha value is -0.740. The molecule has 0 aromatic rings. The largest absolute Gasteiger partial charge is 0.432 e. The van der Waals surface area contributed by atoms with Crippen LogP contribution in [0.1, 0.15) is 13.8 Å². The first kappa shape index (κ1) is 10.3. The van der Waals surface area contributed by atoms with E-state index in [1.54, 1.807) is 0 Å². The molecule has 0 bridgehead atoms. The quantitative estimate of drug-likeness (QED) is 0.458. The fourth-order valence-corrected chi connectivity index (χ4v) is 0.583. The molecular formula is C6H10F3NO. The van der Waals surface area contributed by atoms with Gasteiger partial charge in [-0.1, -0.05) is 19.0 Å². The average Bonchev–Trinajstić information content (AvgIpc) is 1.79. The fourth-order valence-electron chi connectivity index (χ4n) is 0.583. The van der Waals surface area contributed by atoms with Crippen molar-refractivity contribution in [2.45, 2.75) is 20.0 Å². The minimum Gasteiger partial charge on any atom is -0.399 e. The molecule has 0 unspecified atom stereocenters. The third-order valence-electron chi connectivity index (χ3n) is 1.03. The average molecular weight is 169 g/mol. The molecule has 5 heteroatoms. The van der Waals surface area contributed by atoms with Gasteiger partial charge < -0.3 is 4.84 Å². The van der Waals surface area contributed by atoms with E-state index in [2.05, 4.69) is 9.99 Å². The standard InChI is InChI=1S/C6H10F3NO/c1-4(2)5(10-11-3)6(7,8)9/h4H,1-3H3. The zero-order chi connectivity index (χ0) is 9.07. The summed E-state index contributed by atoms with van der Waals surface area (Å²) in [5.41, 5.74) is -0.889. The van der Waals surface area contributed by atoms with Crippen LogP contribution >= 0.6 is 0 Å². The van der Waals surface area contributed by atoms with E-state index >= 15 is 0 Å². The van der Waals surface area contributed by atoms with Crippen LogP contribution in [0.25, 0.3) is 0 Å². The van der Waals surface area contributed by atoms with Crippen molar-refractivity contribution in [1.29, 1.82) is 0 Å². The lowest BCUT2D eigenvalue weighted by Gasteiger charge is -2.11. The van der Waals surface area contributed by atoms with E-state index in [0.29, 0.717) is 0 Å². The summed E-state index contributed by atoms with van der Waals surface area (Å²) in [5, 5.41) is 2.89. The SMILES string of the molecule is CON=C(C(C)C)C(F)(F)F. The van der Waals surface area contributed by atoms with E-state index in [4.69, 9.17) is 0 Å². The highest BCUT2D eigenvalue weighted by molar-refractivity contribution is 5.90. The van der Waals surface area contributed by atoms with Crippen LogP contribution in [0.4, 0.5) is 13.2 Å². The zero-order valence-electron chi connectivity index (χ0n) is 6.57. The minimum atomic E-state index is -4.38. The molecular weight excluding hydrogens is 159 g/mol. The van der Waals surface area contributed by atoms with E-state index in [9.17, 15) is 13.2 Å². The molecule has 0 atom stereocenters. The number of hydrogen-bond acceptors (Lipinski definition) is 2. The Kier molecular flexibility index (Phi) is 3.35. The van der Waals surface area contributed by atoms with Crippen LogP contribution in [0.3, 0.4) is 0 Å². The number of rotatable bonds is 2. The van der Waals surface area contributed by atoms with Crippen molar-refractivity contribution in [3.05, 3.63) is 0 Å². The van der Waals surface area contributed by atoms with E-state index in [-0.39, 0.29) is 0 Å². The maximum absolute atomic E-state index is 11.9. The topological polar surface area (TPSA) is 21.6 Å². The van der Waals surface area contributed by atoms with Crippen LogP contribution in [0.5, 0.6) is 0 Å². The number of halogens is 3. The Morgan fingerprint density at radius 1 is 1.36 bits per heavy atom. The van der Waals surface area contributed by atoms with Crippen molar-refractivity contribution < 1.29 is 18.0 Å². The van der Waals surface area contributed by atoms with Gasteiger partial charge >= 0.3 is 6.18 Å². The molecule has 0 rings (SSSR count). The highest BCUT2D eigenvalue weighted by Gasteiger charge is 2.38. The maximum Gasteiger partial charge on any atom is 0.432 e. The molecule has 0 aliphatic rings. The number of oxime groups is 1. The lowest BCUT2D eigenvalue weighted by molar-refractivity contribution is -0.0652. The molecule has 0 aliphatic carbocycles. The van der Waals surface area contributed by atoms with Crippen LogP contribution < -0.4 is 0 Å². The van der Waals surface area contributed by atoms with Crippen LogP contribution in [-0.4, -0.2) is 19.0 Å². The predicted octanol–water partition coefficient (Wildman–Crippen LogP) is 2.21. The number of nitrogens with zero attached hydrogens (tertiary/aromatic N) is 1. The Morgan fingerprint density at radius 3 is 1.91 bits per heavy atom. The van der Waals surface area contributed by atoms with E-state index < -0.39 is 17.8 Å². The van der Waals surface area contributed by atoms with E-state index in [1.165, 1.54) is 13.8 Å². The van der Waals surface area contributed by atoms with Crippen LogP contribution in [0.15, 0.2) is 5.16 Å². The molecule has 0 fully saturated rings. The Balaban J connectivity index is 4.49. The van der Waals surface area contributed by atoms with Gasteiger partial charge in [0.2, 0.25) is 0 Å². The molecule has 0 aromatic carbocycles. The monoisotopic (exact) mass is 169 g/mol. The summed E-state index contributed by atoms with van der Waals surface area (Å²) in [5.74, 6) is -0.671. The lowest BCUT2D eigenvalue weighted by atomic mass is 10.1. The predicted molar refractivity (Wildman–Crippen MR) is 35.3 cm³/mol. The fraction of sp³-hybridized carbons (Fsp3) is 0.833. The third-order valence-corrected chi connectivity index (χ3v) is 1.03. The molecule has 0 spiro atoms. The molecule has 0 aromatic heterocycles. The Bertz CT molecular complexity index is 150. The first-order valence-electron chi connectivity index (χ1n) is 3.07. The van der Waals surface area contributed by atoms with Crippen LogP contribution in [-0.2, 0) is 4.84 Å². The van der Waals surface area contributed by atoms with Crippen LogP contribution in [0.2, 0.25) is 0 Å². The summed E-state index contributed by atoms with van der Waals surface area (Å²) in [4.78, 5) is 4.06. The molecule has 0 radical (unpaired) electrons. The van der Waals surface area contributed by atoms with Gasteiger partial charge in [-0.25, -0.2) is 0 Å². The van der Waals surface area contributed by atoms with Gasteiger partial charge in [-0.15, -0.1) is 0 Å². The summed E-state index contributed by atoms with van der Waals surface area (Å²) < 4.78 is 35.8. The van der Waals surface area contributed by atoms with Gasteiger partial charge in [-0.05, 0) is 0 Å². The summed E-state index contributed by atoms with van der Waals surface area (Å²) in [6.45, 7) is 2.82.